The highest BCUT2D eigenvalue weighted by Crippen LogP contribution is 1.96. The summed E-state index contributed by atoms with van der Waals surface area (Å²) in [5.74, 6) is 0. The van der Waals surface area contributed by atoms with Crippen LogP contribution in [0.15, 0.2) is 30.3 Å². The van der Waals surface area contributed by atoms with Crippen LogP contribution in [0.4, 0.5) is 0 Å². The van der Waals surface area contributed by atoms with E-state index in [0.29, 0.717) is 6.54 Å². The molecule has 0 radical (unpaired) electrons. The summed E-state index contributed by atoms with van der Waals surface area (Å²) in [5, 5.41) is 2.98. The van der Waals surface area contributed by atoms with Gasteiger partial charge in [0.25, 0.3) is 0 Å². The zero-order chi connectivity index (χ0) is 11.9. The maximum Gasteiger partial charge on any atom is 0.133 e. The Morgan fingerprint density at radius 3 is 2.20 bits per heavy atom. The molecular weight excluding hydrogens is 205 g/mol. The van der Waals surface area contributed by atoms with Gasteiger partial charge in [-0.15, -0.1) is 9.24 Å². The van der Waals surface area contributed by atoms with Gasteiger partial charge in [-0.05, 0) is 5.56 Å². The summed E-state index contributed by atoms with van der Waals surface area (Å²) in [6.45, 7) is 7.11. The molecule has 1 unspecified atom stereocenters. The fourth-order valence-electron chi connectivity index (χ4n) is 0.871. The summed E-state index contributed by atoms with van der Waals surface area (Å²) in [5.41, 5.74) is 1.20. The van der Waals surface area contributed by atoms with Crippen molar-refractivity contribution >= 4 is 15.5 Å². The number of carbonyl (C=O) groups is 1. The highest BCUT2D eigenvalue weighted by atomic mass is 31.0. The number of aldehydes is 1. The molecule has 1 aromatic rings. The fraction of sp³-hybridized carbons (Fsp3) is 0.417. The van der Waals surface area contributed by atoms with Crippen LogP contribution in [0.5, 0.6) is 0 Å². The van der Waals surface area contributed by atoms with Gasteiger partial charge in [-0.3, -0.25) is 0 Å². The maximum atomic E-state index is 9.93. The van der Waals surface area contributed by atoms with Gasteiger partial charge in [0.05, 0.1) is 6.54 Å². The fourth-order valence-corrected chi connectivity index (χ4v) is 0.871. The molecule has 3 heteroatoms. The van der Waals surface area contributed by atoms with E-state index in [9.17, 15) is 4.79 Å². The van der Waals surface area contributed by atoms with Gasteiger partial charge >= 0.3 is 0 Å². The maximum absolute atomic E-state index is 9.93. The van der Waals surface area contributed by atoms with Crippen molar-refractivity contribution in [2.75, 3.05) is 13.2 Å². The number of rotatable bonds is 4. The van der Waals surface area contributed by atoms with Crippen molar-refractivity contribution in [1.29, 1.82) is 0 Å². The van der Waals surface area contributed by atoms with Crippen LogP contribution in [0.1, 0.15) is 19.4 Å². The zero-order valence-electron chi connectivity index (χ0n) is 9.86. The van der Waals surface area contributed by atoms with Gasteiger partial charge in [0, 0.05) is 6.54 Å². The van der Waals surface area contributed by atoms with Crippen LogP contribution in [-0.2, 0) is 11.3 Å². The Labute approximate surface area is 95.7 Å². The molecule has 0 aliphatic carbocycles. The number of benzene rings is 1. The van der Waals surface area contributed by atoms with E-state index >= 15 is 0 Å². The lowest BCUT2D eigenvalue weighted by atomic mass is 10.2. The molecule has 0 aromatic heterocycles. The summed E-state index contributed by atoms with van der Waals surface area (Å²) in [6.07, 6.45) is 0.864. The SMILES string of the molecule is CC.CP.O=CCNCc1ccccc1. The van der Waals surface area contributed by atoms with Gasteiger partial charge in [0.2, 0.25) is 0 Å². The van der Waals surface area contributed by atoms with E-state index in [1.165, 1.54) is 5.56 Å². The average molecular weight is 227 g/mol. The second kappa shape index (κ2) is 15.7. The standard InChI is InChI=1S/C9H11NO.C2H6.CH5P/c11-7-6-10-8-9-4-2-1-3-5-9;2*1-2/h1-5,7,10H,6,8H2;1-2H3;2H2,1H3. The topological polar surface area (TPSA) is 29.1 Å². The lowest BCUT2D eigenvalue weighted by molar-refractivity contribution is -0.107. The van der Waals surface area contributed by atoms with Gasteiger partial charge in [-0.1, -0.05) is 50.8 Å². The molecule has 86 valence electrons. The third-order valence-corrected chi connectivity index (χ3v) is 1.40. The third kappa shape index (κ3) is 11.2. The van der Waals surface area contributed by atoms with E-state index in [0.717, 1.165) is 12.8 Å². The minimum Gasteiger partial charge on any atom is -0.306 e. The summed E-state index contributed by atoms with van der Waals surface area (Å²) in [6, 6.07) is 9.99. The number of hydrogen-bond acceptors (Lipinski definition) is 2. The van der Waals surface area contributed by atoms with Crippen LogP contribution >= 0.6 is 9.24 Å². The van der Waals surface area contributed by atoms with Crippen molar-refractivity contribution in [3.8, 4) is 0 Å². The summed E-state index contributed by atoms with van der Waals surface area (Å²) in [7, 11) is 2.42. The van der Waals surface area contributed by atoms with Crippen LogP contribution in [0.2, 0.25) is 0 Å². The molecule has 15 heavy (non-hydrogen) atoms. The largest absolute Gasteiger partial charge is 0.306 e. The molecule has 1 atom stereocenters. The van der Waals surface area contributed by atoms with E-state index in [1.54, 1.807) is 0 Å². The van der Waals surface area contributed by atoms with E-state index in [4.69, 9.17) is 0 Å². The minimum atomic E-state index is 0.425. The second-order valence-corrected chi connectivity index (χ2v) is 2.28. The Morgan fingerprint density at radius 2 is 1.73 bits per heavy atom. The van der Waals surface area contributed by atoms with Crippen molar-refractivity contribution < 1.29 is 4.79 Å². The van der Waals surface area contributed by atoms with Crippen molar-refractivity contribution in [2.24, 2.45) is 0 Å². The number of carbonyl (C=O) groups excluding carboxylic acids is 1. The Kier molecular flexibility index (Phi) is 17.5. The van der Waals surface area contributed by atoms with Crippen molar-refractivity contribution in [3.63, 3.8) is 0 Å². The van der Waals surface area contributed by atoms with Gasteiger partial charge in [0.15, 0.2) is 0 Å². The van der Waals surface area contributed by atoms with Gasteiger partial charge < -0.3 is 10.1 Å². The molecule has 0 heterocycles. The van der Waals surface area contributed by atoms with E-state index in [-0.39, 0.29) is 0 Å². The monoisotopic (exact) mass is 227 g/mol. The molecule has 1 N–H and O–H groups in total. The van der Waals surface area contributed by atoms with E-state index < -0.39 is 0 Å². The Hall–Kier alpha value is -0.720. The quantitative estimate of drug-likeness (QED) is 0.486. The van der Waals surface area contributed by atoms with E-state index in [1.807, 2.05) is 50.8 Å². The molecule has 0 amide bonds. The Morgan fingerprint density at radius 1 is 1.20 bits per heavy atom. The van der Waals surface area contributed by atoms with Gasteiger partial charge in [0.1, 0.15) is 6.29 Å². The van der Waals surface area contributed by atoms with E-state index in [2.05, 4.69) is 14.6 Å². The van der Waals surface area contributed by atoms with Crippen LogP contribution in [-0.4, -0.2) is 19.5 Å². The average Bonchev–Trinajstić information content (AvgIpc) is 2.36. The predicted molar refractivity (Wildman–Crippen MR) is 71.2 cm³/mol. The molecule has 0 saturated carbocycles. The molecule has 0 aliphatic heterocycles. The van der Waals surface area contributed by atoms with Crippen molar-refractivity contribution in [2.45, 2.75) is 20.4 Å². The molecule has 1 aromatic carbocycles. The molecule has 0 aliphatic rings. The summed E-state index contributed by atoms with van der Waals surface area (Å²) in [4.78, 5) is 9.93. The lowest BCUT2D eigenvalue weighted by Gasteiger charge is -1.98. The molecular formula is C12H22NOP. The smallest absolute Gasteiger partial charge is 0.133 e. The molecule has 2 nitrogen and oxygen atoms in total. The molecule has 0 spiro atoms. The first-order chi connectivity index (χ1) is 7.43. The highest BCUT2D eigenvalue weighted by molar-refractivity contribution is 7.15. The normalized spacial score (nSPS) is 7.73. The third-order valence-electron chi connectivity index (χ3n) is 1.40. The summed E-state index contributed by atoms with van der Waals surface area (Å²) >= 11 is 0. The molecule has 0 fully saturated rings. The van der Waals surface area contributed by atoms with Gasteiger partial charge in [-0.2, -0.15) is 0 Å². The molecule has 1 rings (SSSR count). The number of hydrogen-bond donors (Lipinski definition) is 1. The highest BCUT2D eigenvalue weighted by Gasteiger charge is 1.87. The predicted octanol–water partition coefficient (Wildman–Crippen LogP) is 2.49. The minimum absolute atomic E-state index is 0.425. The van der Waals surface area contributed by atoms with Crippen LogP contribution in [0.3, 0.4) is 0 Å². The Bertz CT molecular complexity index is 214. The lowest BCUT2D eigenvalue weighted by Crippen LogP contribution is -2.15. The molecule has 0 bridgehead atoms. The van der Waals surface area contributed by atoms with Crippen molar-refractivity contribution in [3.05, 3.63) is 35.9 Å². The molecule has 0 saturated heterocycles. The van der Waals surface area contributed by atoms with Gasteiger partial charge in [-0.25, -0.2) is 0 Å². The van der Waals surface area contributed by atoms with Crippen LogP contribution in [0.25, 0.3) is 0 Å². The number of nitrogens with one attached hydrogen (secondary N) is 1. The van der Waals surface area contributed by atoms with Crippen LogP contribution < -0.4 is 5.32 Å². The first-order valence-electron chi connectivity index (χ1n) is 5.19. The summed E-state index contributed by atoms with van der Waals surface area (Å²) < 4.78 is 0. The Balaban J connectivity index is 0. The first-order valence-corrected chi connectivity index (χ1v) is 6.35. The van der Waals surface area contributed by atoms with Crippen LogP contribution in [0, 0.1) is 0 Å². The second-order valence-electron chi connectivity index (χ2n) is 2.28. The first kappa shape index (κ1) is 16.7. The van der Waals surface area contributed by atoms with Crippen molar-refractivity contribution in [1.82, 2.24) is 5.32 Å². The zero-order valence-corrected chi connectivity index (χ0v) is 11.0.